The Morgan fingerprint density at radius 3 is 2.59 bits per heavy atom. The smallest absolute Gasteiger partial charge is 0.0810 e. The monoisotopic (exact) mass is 396 g/mol. The fraction of sp³-hybridized carbons (Fsp3) is 0.261. The number of rotatable bonds is 7. The number of aryl methyl sites for hydroxylation is 1. The Bertz CT molecular complexity index is 929. The van der Waals surface area contributed by atoms with Crippen LogP contribution >= 0.6 is 23.4 Å². The van der Waals surface area contributed by atoms with E-state index in [1.807, 2.05) is 30.6 Å². The minimum absolute atomic E-state index is 0.432. The molecular formula is C23H25ClN2S. The Morgan fingerprint density at radius 2 is 1.93 bits per heavy atom. The largest absolute Gasteiger partial charge is 0.353 e. The van der Waals surface area contributed by atoms with Gasteiger partial charge in [-0.05, 0) is 78.3 Å². The van der Waals surface area contributed by atoms with Gasteiger partial charge in [0.25, 0.3) is 0 Å². The van der Waals surface area contributed by atoms with Crippen LogP contribution in [0.1, 0.15) is 47.7 Å². The van der Waals surface area contributed by atoms with Gasteiger partial charge in [0.1, 0.15) is 0 Å². The van der Waals surface area contributed by atoms with Gasteiger partial charge in [-0.15, -0.1) is 6.58 Å². The highest BCUT2D eigenvalue weighted by Crippen LogP contribution is 2.39. The summed E-state index contributed by atoms with van der Waals surface area (Å²) in [5.74, 6) is 0.432. The Balaban J connectivity index is 1.96. The number of aromatic amines is 1. The molecule has 0 saturated heterocycles. The van der Waals surface area contributed by atoms with E-state index in [0.29, 0.717) is 5.92 Å². The van der Waals surface area contributed by atoms with E-state index in [2.05, 4.69) is 55.5 Å². The molecule has 0 aliphatic carbocycles. The molecule has 1 N–H and O–H groups in total. The third-order valence-corrected chi connectivity index (χ3v) is 5.78. The molecule has 0 radical (unpaired) electrons. The van der Waals surface area contributed by atoms with Crippen molar-refractivity contribution < 1.29 is 0 Å². The van der Waals surface area contributed by atoms with E-state index in [9.17, 15) is 0 Å². The molecule has 0 spiro atoms. The molecule has 0 aliphatic heterocycles. The standard InChI is InChI=1S/C23H25ClN2S/c1-5-6-18-11-19(24)14-20(12-18)27-23-22(15(2)3)21(16(4)26-23)13-17-7-9-25-10-8-17/h5,7-12,14-15,26H,1,6,13H2,2-4H3. The average Bonchev–Trinajstić information content (AvgIpc) is 2.91. The van der Waals surface area contributed by atoms with Crippen LogP contribution in [0.15, 0.2) is 65.3 Å². The van der Waals surface area contributed by atoms with Crippen molar-refractivity contribution >= 4 is 23.4 Å². The lowest BCUT2D eigenvalue weighted by atomic mass is 9.96. The summed E-state index contributed by atoms with van der Waals surface area (Å²) in [5, 5.41) is 1.97. The summed E-state index contributed by atoms with van der Waals surface area (Å²) in [4.78, 5) is 8.90. The van der Waals surface area contributed by atoms with Crippen LogP contribution in [0.25, 0.3) is 0 Å². The summed E-state index contributed by atoms with van der Waals surface area (Å²) in [6, 6.07) is 10.4. The van der Waals surface area contributed by atoms with Gasteiger partial charge in [-0.2, -0.15) is 0 Å². The van der Waals surface area contributed by atoms with Crippen LogP contribution in [0.3, 0.4) is 0 Å². The predicted octanol–water partition coefficient (Wildman–Crippen LogP) is 6.97. The van der Waals surface area contributed by atoms with Crippen LogP contribution in [0.5, 0.6) is 0 Å². The van der Waals surface area contributed by atoms with E-state index < -0.39 is 0 Å². The maximum atomic E-state index is 6.33. The van der Waals surface area contributed by atoms with Crippen LogP contribution in [0.4, 0.5) is 0 Å². The molecule has 0 bridgehead atoms. The van der Waals surface area contributed by atoms with E-state index in [1.54, 1.807) is 11.8 Å². The number of nitrogens with zero attached hydrogens (tertiary/aromatic N) is 1. The predicted molar refractivity (Wildman–Crippen MR) is 116 cm³/mol. The molecule has 1 aromatic carbocycles. The molecular weight excluding hydrogens is 372 g/mol. The number of benzene rings is 1. The lowest BCUT2D eigenvalue weighted by Gasteiger charge is -2.12. The van der Waals surface area contributed by atoms with Crippen LogP contribution < -0.4 is 0 Å². The summed E-state index contributed by atoms with van der Waals surface area (Å²) >= 11 is 8.09. The first-order valence-corrected chi connectivity index (χ1v) is 10.4. The van der Waals surface area contributed by atoms with E-state index in [0.717, 1.165) is 22.8 Å². The van der Waals surface area contributed by atoms with Gasteiger partial charge in [0.15, 0.2) is 0 Å². The van der Waals surface area contributed by atoms with Crippen molar-refractivity contribution in [2.75, 3.05) is 0 Å². The fourth-order valence-electron chi connectivity index (χ4n) is 3.36. The molecule has 0 unspecified atom stereocenters. The zero-order valence-electron chi connectivity index (χ0n) is 16.1. The summed E-state index contributed by atoms with van der Waals surface area (Å²) in [5.41, 5.74) is 6.46. The Hall–Kier alpha value is -1.97. The van der Waals surface area contributed by atoms with Crippen molar-refractivity contribution in [3.05, 3.63) is 88.4 Å². The molecule has 4 heteroatoms. The molecule has 27 heavy (non-hydrogen) atoms. The third kappa shape index (κ3) is 4.85. The van der Waals surface area contributed by atoms with Crippen LogP contribution in [-0.4, -0.2) is 9.97 Å². The summed E-state index contributed by atoms with van der Waals surface area (Å²) in [6.07, 6.45) is 7.36. The van der Waals surface area contributed by atoms with Gasteiger partial charge in [-0.25, -0.2) is 0 Å². The lowest BCUT2D eigenvalue weighted by Crippen LogP contribution is -1.97. The van der Waals surface area contributed by atoms with Gasteiger partial charge >= 0.3 is 0 Å². The first-order valence-electron chi connectivity index (χ1n) is 9.16. The summed E-state index contributed by atoms with van der Waals surface area (Å²) < 4.78 is 0. The van der Waals surface area contributed by atoms with Crippen LogP contribution in [0, 0.1) is 6.92 Å². The molecule has 3 rings (SSSR count). The number of allylic oxidation sites excluding steroid dienone is 1. The number of aromatic nitrogens is 2. The topological polar surface area (TPSA) is 28.7 Å². The number of nitrogens with one attached hydrogen (secondary N) is 1. The highest BCUT2D eigenvalue weighted by atomic mass is 35.5. The van der Waals surface area contributed by atoms with E-state index in [-0.39, 0.29) is 0 Å². The molecule has 3 aromatic rings. The van der Waals surface area contributed by atoms with Crippen molar-refractivity contribution in [3.8, 4) is 0 Å². The molecule has 0 saturated carbocycles. The minimum atomic E-state index is 0.432. The van der Waals surface area contributed by atoms with Gasteiger partial charge in [0.05, 0.1) is 5.03 Å². The normalized spacial score (nSPS) is 11.1. The minimum Gasteiger partial charge on any atom is -0.353 e. The Morgan fingerprint density at radius 1 is 1.19 bits per heavy atom. The summed E-state index contributed by atoms with van der Waals surface area (Å²) in [7, 11) is 0. The first kappa shape index (κ1) is 19.8. The number of hydrogen-bond acceptors (Lipinski definition) is 2. The molecule has 0 atom stereocenters. The first-order chi connectivity index (χ1) is 13.0. The van der Waals surface area contributed by atoms with Gasteiger partial charge in [-0.1, -0.05) is 43.3 Å². The van der Waals surface area contributed by atoms with Crippen LogP contribution in [0.2, 0.25) is 5.02 Å². The average molecular weight is 397 g/mol. The van der Waals surface area contributed by atoms with E-state index >= 15 is 0 Å². The maximum absolute atomic E-state index is 6.33. The Kier molecular flexibility index (Phi) is 6.46. The second kappa shape index (κ2) is 8.81. The van der Waals surface area contributed by atoms with Gasteiger partial charge in [-0.3, -0.25) is 4.98 Å². The van der Waals surface area contributed by atoms with Crippen molar-refractivity contribution in [1.82, 2.24) is 9.97 Å². The molecule has 0 aliphatic rings. The van der Waals surface area contributed by atoms with Crippen molar-refractivity contribution in [2.24, 2.45) is 0 Å². The molecule has 0 amide bonds. The molecule has 0 fully saturated rings. The number of hydrogen-bond donors (Lipinski definition) is 1. The van der Waals surface area contributed by atoms with Crippen LogP contribution in [-0.2, 0) is 12.8 Å². The summed E-state index contributed by atoms with van der Waals surface area (Å²) in [6.45, 7) is 10.5. The highest BCUT2D eigenvalue weighted by Gasteiger charge is 2.19. The SMILES string of the molecule is C=CCc1cc(Cl)cc(Sc2[nH]c(C)c(Cc3ccncc3)c2C(C)C)c1. The Labute approximate surface area is 171 Å². The van der Waals surface area contributed by atoms with E-state index in [4.69, 9.17) is 11.6 Å². The lowest BCUT2D eigenvalue weighted by molar-refractivity contribution is 0.825. The van der Waals surface area contributed by atoms with Gasteiger partial charge in [0.2, 0.25) is 0 Å². The molecule has 2 aromatic heterocycles. The number of halogens is 1. The second-order valence-corrected chi connectivity index (χ2v) is 8.57. The third-order valence-electron chi connectivity index (χ3n) is 4.56. The second-order valence-electron chi connectivity index (χ2n) is 7.05. The number of pyridine rings is 1. The van der Waals surface area contributed by atoms with E-state index in [1.165, 1.54) is 33.0 Å². The van der Waals surface area contributed by atoms with Gasteiger partial charge in [0, 0.05) is 28.0 Å². The van der Waals surface area contributed by atoms with Crippen molar-refractivity contribution in [3.63, 3.8) is 0 Å². The quantitative estimate of drug-likeness (QED) is 0.437. The maximum Gasteiger partial charge on any atom is 0.0810 e. The zero-order chi connectivity index (χ0) is 19.4. The zero-order valence-corrected chi connectivity index (χ0v) is 17.6. The fourth-order valence-corrected chi connectivity index (χ4v) is 4.99. The highest BCUT2D eigenvalue weighted by molar-refractivity contribution is 7.99. The molecule has 140 valence electrons. The number of H-pyrrole nitrogens is 1. The van der Waals surface area contributed by atoms with Crippen molar-refractivity contribution in [2.45, 2.75) is 49.5 Å². The van der Waals surface area contributed by atoms with Crippen molar-refractivity contribution in [1.29, 1.82) is 0 Å². The van der Waals surface area contributed by atoms with Gasteiger partial charge < -0.3 is 4.98 Å². The molecule has 2 heterocycles. The molecule has 2 nitrogen and oxygen atoms in total.